The van der Waals surface area contributed by atoms with E-state index >= 15 is 0 Å². The number of carbonyl (C=O) groups excluding carboxylic acids is 2. The Kier molecular flexibility index (Phi) is 4.09. The molecule has 6 nitrogen and oxygen atoms in total. The van der Waals surface area contributed by atoms with Crippen molar-refractivity contribution in [2.45, 2.75) is 19.4 Å². The molecule has 1 atom stereocenters. The predicted octanol–water partition coefficient (Wildman–Crippen LogP) is 2.63. The summed E-state index contributed by atoms with van der Waals surface area (Å²) in [5.74, 6) is -1.63. The van der Waals surface area contributed by atoms with Gasteiger partial charge in [-0.2, -0.15) is 0 Å². The van der Waals surface area contributed by atoms with Gasteiger partial charge in [0, 0.05) is 10.6 Å². The number of aliphatic hydroxyl groups excluding tert-OH is 1. The number of Topliss-reactive ketones (excluding diaryl/α,β-unsaturated/α-hetero) is 1. The topological polar surface area (TPSA) is 84.9 Å². The Labute approximate surface area is 126 Å². The second-order valence-corrected chi connectivity index (χ2v) is 4.93. The van der Waals surface area contributed by atoms with E-state index in [2.05, 4.69) is 10.1 Å². The molecule has 7 heteroatoms. The van der Waals surface area contributed by atoms with E-state index in [-0.39, 0.29) is 12.5 Å². The third kappa shape index (κ3) is 2.80. The van der Waals surface area contributed by atoms with Gasteiger partial charge in [-0.1, -0.05) is 23.7 Å². The molecule has 0 saturated heterocycles. The monoisotopic (exact) mass is 311 g/mol. The third-order valence-electron chi connectivity index (χ3n) is 3.06. The molecule has 1 aliphatic heterocycles. The van der Waals surface area contributed by atoms with Crippen LogP contribution in [0.1, 0.15) is 19.4 Å². The number of nitrogens with one attached hydrogen (secondary N) is 1. The standard InChI is InChI=1S/C14H14ClNO5/c1-3-20-13(19)16-12-10(17)11(18)14(2,21-12)8-4-6-9(15)7-5-8/h4-7,17H,3H2,1-2H3,(H,16,19). The lowest BCUT2D eigenvalue weighted by atomic mass is 9.92. The van der Waals surface area contributed by atoms with Crippen LogP contribution in [0.4, 0.5) is 4.79 Å². The molecule has 2 N–H and O–H groups in total. The summed E-state index contributed by atoms with van der Waals surface area (Å²) in [6, 6.07) is 6.43. The highest BCUT2D eigenvalue weighted by Crippen LogP contribution is 2.37. The van der Waals surface area contributed by atoms with Gasteiger partial charge in [0.05, 0.1) is 6.61 Å². The summed E-state index contributed by atoms with van der Waals surface area (Å²) in [7, 11) is 0. The summed E-state index contributed by atoms with van der Waals surface area (Å²) in [5, 5.41) is 12.5. The van der Waals surface area contributed by atoms with Gasteiger partial charge in [-0.15, -0.1) is 0 Å². The Bertz CT molecular complexity index is 610. The minimum absolute atomic E-state index is 0.155. The van der Waals surface area contributed by atoms with Crippen molar-refractivity contribution >= 4 is 23.5 Å². The number of hydrogen-bond donors (Lipinski definition) is 2. The third-order valence-corrected chi connectivity index (χ3v) is 3.31. The summed E-state index contributed by atoms with van der Waals surface area (Å²) in [4.78, 5) is 23.6. The van der Waals surface area contributed by atoms with Crippen LogP contribution in [0.5, 0.6) is 0 Å². The van der Waals surface area contributed by atoms with Crippen molar-refractivity contribution in [3.63, 3.8) is 0 Å². The van der Waals surface area contributed by atoms with Gasteiger partial charge in [-0.05, 0) is 26.0 Å². The normalized spacial score (nSPS) is 21.2. The van der Waals surface area contributed by atoms with Crippen molar-refractivity contribution in [1.29, 1.82) is 0 Å². The first kappa shape index (κ1) is 15.2. The Balaban J connectivity index is 2.25. The van der Waals surface area contributed by atoms with Crippen molar-refractivity contribution in [1.82, 2.24) is 5.32 Å². The molecular formula is C14H14ClNO5. The molecule has 1 aromatic carbocycles. The molecule has 21 heavy (non-hydrogen) atoms. The SMILES string of the molecule is CCOC(=O)NC1=C(O)C(=O)C(C)(c2ccc(Cl)cc2)O1. The number of alkyl carbamates (subject to hydrolysis) is 1. The number of aliphatic hydroxyl groups is 1. The first-order valence-electron chi connectivity index (χ1n) is 6.25. The number of ether oxygens (including phenoxy) is 2. The fraction of sp³-hybridized carbons (Fsp3) is 0.286. The zero-order chi connectivity index (χ0) is 15.6. The zero-order valence-electron chi connectivity index (χ0n) is 11.5. The minimum Gasteiger partial charge on any atom is -0.501 e. The van der Waals surface area contributed by atoms with Gasteiger partial charge in [-0.25, -0.2) is 4.79 Å². The van der Waals surface area contributed by atoms with Crippen molar-refractivity contribution < 1.29 is 24.2 Å². The summed E-state index contributed by atoms with van der Waals surface area (Å²) in [6.45, 7) is 3.28. The smallest absolute Gasteiger partial charge is 0.414 e. The van der Waals surface area contributed by atoms with Crippen LogP contribution in [0.3, 0.4) is 0 Å². The van der Waals surface area contributed by atoms with Gasteiger partial charge < -0.3 is 14.6 Å². The number of amides is 1. The number of rotatable bonds is 3. The molecule has 0 aromatic heterocycles. The predicted molar refractivity (Wildman–Crippen MR) is 74.7 cm³/mol. The largest absolute Gasteiger partial charge is 0.501 e. The molecule has 1 aromatic rings. The van der Waals surface area contributed by atoms with E-state index in [1.54, 1.807) is 31.2 Å². The van der Waals surface area contributed by atoms with E-state index in [9.17, 15) is 14.7 Å². The molecule has 0 aliphatic carbocycles. The maximum Gasteiger partial charge on any atom is 0.414 e. The first-order valence-corrected chi connectivity index (χ1v) is 6.63. The lowest BCUT2D eigenvalue weighted by Gasteiger charge is -2.23. The van der Waals surface area contributed by atoms with E-state index in [0.29, 0.717) is 10.6 Å². The van der Waals surface area contributed by atoms with Crippen LogP contribution in [-0.4, -0.2) is 23.6 Å². The average Bonchev–Trinajstić information content (AvgIpc) is 2.65. The molecule has 0 radical (unpaired) electrons. The molecule has 1 heterocycles. The van der Waals surface area contributed by atoms with Crippen LogP contribution in [-0.2, 0) is 19.9 Å². The molecule has 0 fully saturated rings. The summed E-state index contributed by atoms with van der Waals surface area (Å²) in [6.07, 6.45) is -0.813. The molecule has 2 rings (SSSR count). The number of benzene rings is 1. The first-order chi connectivity index (χ1) is 9.88. The number of ketones is 1. The second-order valence-electron chi connectivity index (χ2n) is 4.49. The fourth-order valence-corrected chi connectivity index (χ4v) is 2.06. The van der Waals surface area contributed by atoms with Crippen LogP contribution in [0.15, 0.2) is 35.9 Å². The molecule has 1 amide bonds. The van der Waals surface area contributed by atoms with E-state index < -0.39 is 23.2 Å². The average molecular weight is 312 g/mol. The van der Waals surface area contributed by atoms with E-state index in [4.69, 9.17) is 16.3 Å². The number of halogens is 1. The van der Waals surface area contributed by atoms with Crippen molar-refractivity contribution in [2.24, 2.45) is 0 Å². The molecular weight excluding hydrogens is 298 g/mol. The van der Waals surface area contributed by atoms with Gasteiger partial charge in [0.1, 0.15) is 0 Å². The summed E-state index contributed by atoms with van der Waals surface area (Å²) >= 11 is 5.80. The van der Waals surface area contributed by atoms with E-state index in [1.807, 2.05) is 0 Å². The Morgan fingerprint density at radius 3 is 2.62 bits per heavy atom. The molecule has 0 saturated carbocycles. The number of carbonyl (C=O) groups is 2. The van der Waals surface area contributed by atoms with Gasteiger partial charge in [0.25, 0.3) is 5.78 Å². The quantitative estimate of drug-likeness (QED) is 0.896. The Morgan fingerprint density at radius 1 is 1.43 bits per heavy atom. The summed E-state index contributed by atoms with van der Waals surface area (Å²) in [5.41, 5.74) is -0.923. The fourth-order valence-electron chi connectivity index (χ4n) is 1.93. The number of hydrogen-bond acceptors (Lipinski definition) is 5. The van der Waals surface area contributed by atoms with Crippen LogP contribution in [0, 0.1) is 0 Å². The van der Waals surface area contributed by atoms with E-state index in [0.717, 1.165) is 0 Å². The van der Waals surface area contributed by atoms with Gasteiger partial charge >= 0.3 is 6.09 Å². The van der Waals surface area contributed by atoms with Crippen LogP contribution < -0.4 is 5.32 Å². The molecule has 1 aliphatic rings. The zero-order valence-corrected chi connectivity index (χ0v) is 12.2. The van der Waals surface area contributed by atoms with Crippen LogP contribution in [0.2, 0.25) is 5.02 Å². The highest BCUT2D eigenvalue weighted by molar-refractivity contribution is 6.30. The van der Waals surface area contributed by atoms with Crippen molar-refractivity contribution in [2.75, 3.05) is 6.61 Å². The highest BCUT2D eigenvalue weighted by Gasteiger charge is 2.48. The summed E-state index contributed by atoms with van der Waals surface area (Å²) < 4.78 is 10.1. The van der Waals surface area contributed by atoms with Gasteiger partial charge in [0.15, 0.2) is 5.60 Å². The highest BCUT2D eigenvalue weighted by atomic mass is 35.5. The van der Waals surface area contributed by atoms with Gasteiger partial charge in [-0.3, -0.25) is 10.1 Å². The maximum atomic E-state index is 12.2. The van der Waals surface area contributed by atoms with E-state index in [1.165, 1.54) is 6.92 Å². The van der Waals surface area contributed by atoms with Crippen molar-refractivity contribution in [3.8, 4) is 0 Å². The van der Waals surface area contributed by atoms with Crippen molar-refractivity contribution in [3.05, 3.63) is 46.5 Å². The minimum atomic E-state index is -1.43. The molecule has 0 bridgehead atoms. The molecule has 1 unspecified atom stereocenters. The molecule has 0 spiro atoms. The Morgan fingerprint density at radius 2 is 2.05 bits per heavy atom. The maximum absolute atomic E-state index is 12.2. The lowest BCUT2D eigenvalue weighted by molar-refractivity contribution is -0.131. The lowest BCUT2D eigenvalue weighted by Crippen LogP contribution is -2.32. The van der Waals surface area contributed by atoms with Crippen LogP contribution in [0.25, 0.3) is 0 Å². The Hall–Kier alpha value is -2.21. The molecule has 112 valence electrons. The van der Waals surface area contributed by atoms with Crippen LogP contribution >= 0.6 is 11.6 Å². The van der Waals surface area contributed by atoms with Gasteiger partial charge in [0.2, 0.25) is 11.6 Å². The second kappa shape index (κ2) is 5.65.